The van der Waals surface area contributed by atoms with Crippen molar-refractivity contribution in [1.29, 1.82) is 0 Å². The maximum atomic E-state index is 12.2. The Morgan fingerprint density at radius 3 is 2.46 bits per heavy atom. The van der Waals surface area contributed by atoms with E-state index in [1.807, 2.05) is 60.7 Å². The summed E-state index contributed by atoms with van der Waals surface area (Å²) < 4.78 is 17.6. The summed E-state index contributed by atoms with van der Waals surface area (Å²) in [6, 6.07) is 24.9. The Kier molecular flexibility index (Phi) is 5.44. The van der Waals surface area contributed by atoms with Gasteiger partial charge in [-0.2, -0.15) is 0 Å². The summed E-state index contributed by atoms with van der Waals surface area (Å²) in [7, 11) is 0. The lowest BCUT2D eigenvalue weighted by Gasteiger charge is -2.06. The van der Waals surface area contributed by atoms with Crippen LogP contribution in [-0.2, 0) is 18.0 Å². The highest BCUT2D eigenvalue weighted by Gasteiger charge is 2.13. The van der Waals surface area contributed by atoms with Crippen LogP contribution in [0, 0.1) is 0 Å². The molecule has 0 bridgehead atoms. The van der Waals surface area contributed by atoms with E-state index in [4.69, 9.17) is 13.9 Å². The van der Waals surface area contributed by atoms with Gasteiger partial charge >= 0.3 is 5.97 Å². The molecular formula is C23H17BrO4. The van der Waals surface area contributed by atoms with Crippen molar-refractivity contribution in [3.63, 3.8) is 0 Å². The number of hydrogen-bond donors (Lipinski definition) is 0. The fourth-order valence-electron chi connectivity index (χ4n) is 2.78. The van der Waals surface area contributed by atoms with E-state index in [9.17, 15) is 4.79 Å². The number of carbonyl (C=O) groups excluding carboxylic acids is 1. The number of furan rings is 1. The van der Waals surface area contributed by atoms with Gasteiger partial charge in [-0.1, -0.05) is 58.4 Å². The number of ether oxygens (including phenoxy) is 2. The largest absolute Gasteiger partial charge is 0.486 e. The Bertz CT molecular complexity index is 1100. The maximum Gasteiger partial charge on any atom is 0.374 e. The highest BCUT2D eigenvalue weighted by Crippen LogP contribution is 2.22. The van der Waals surface area contributed by atoms with Crippen LogP contribution in [0.2, 0.25) is 0 Å². The third kappa shape index (κ3) is 4.43. The van der Waals surface area contributed by atoms with Gasteiger partial charge in [0.25, 0.3) is 0 Å². The number of benzene rings is 3. The zero-order valence-electron chi connectivity index (χ0n) is 14.9. The summed E-state index contributed by atoms with van der Waals surface area (Å²) in [5, 5.41) is 2.26. The minimum Gasteiger partial charge on any atom is -0.486 e. The van der Waals surface area contributed by atoms with Crippen LogP contribution in [0.4, 0.5) is 0 Å². The standard InChI is InChI=1S/C23H17BrO4/c24-19-8-5-16(6-9-19)14-27-23(25)22-12-11-21(28-22)15-26-20-10-7-17-3-1-2-4-18(17)13-20/h1-13H,14-15H2. The first-order valence-corrected chi connectivity index (χ1v) is 9.58. The molecule has 1 heterocycles. The van der Waals surface area contributed by atoms with Gasteiger partial charge in [0.15, 0.2) is 0 Å². The number of halogens is 1. The molecule has 0 aliphatic rings. The highest BCUT2D eigenvalue weighted by molar-refractivity contribution is 9.10. The van der Waals surface area contributed by atoms with Gasteiger partial charge in [-0.15, -0.1) is 0 Å². The Labute approximate surface area is 170 Å². The molecule has 0 saturated carbocycles. The fourth-order valence-corrected chi connectivity index (χ4v) is 3.04. The second-order valence-corrected chi connectivity index (χ2v) is 7.18. The zero-order chi connectivity index (χ0) is 19.3. The molecule has 4 nitrogen and oxygen atoms in total. The molecule has 0 saturated heterocycles. The molecule has 1 aromatic heterocycles. The molecule has 0 fully saturated rings. The summed E-state index contributed by atoms with van der Waals surface area (Å²) in [6.45, 7) is 0.425. The van der Waals surface area contributed by atoms with Crippen LogP contribution < -0.4 is 4.74 Å². The van der Waals surface area contributed by atoms with Crippen molar-refractivity contribution in [3.05, 3.63) is 100 Å². The molecule has 28 heavy (non-hydrogen) atoms. The van der Waals surface area contributed by atoms with Crippen molar-refractivity contribution in [2.75, 3.05) is 0 Å². The lowest BCUT2D eigenvalue weighted by atomic mass is 10.1. The predicted octanol–water partition coefficient (Wildman–Crippen LogP) is 6.13. The van der Waals surface area contributed by atoms with Crippen molar-refractivity contribution < 1.29 is 18.7 Å². The first kappa shape index (κ1) is 18.3. The van der Waals surface area contributed by atoms with E-state index in [0.717, 1.165) is 26.6 Å². The van der Waals surface area contributed by atoms with Gasteiger partial charge in [0.1, 0.15) is 24.7 Å². The van der Waals surface area contributed by atoms with E-state index >= 15 is 0 Å². The maximum absolute atomic E-state index is 12.2. The number of carbonyl (C=O) groups is 1. The summed E-state index contributed by atoms with van der Waals surface area (Å²) in [5.74, 6) is 0.965. The quantitative estimate of drug-likeness (QED) is 0.341. The second kappa shape index (κ2) is 8.31. The highest BCUT2D eigenvalue weighted by atomic mass is 79.9. The van der Waals surface area contributed by atoms with Crippen molar-refractivity contribution in [3.8, 4) is 5.75 Å². The van der Waals surface area contributed by atoms with Gasteiger partial charge in [-0.05, 0) is 52.7 Å². The molecule has 140 valence electrons. The Hall–Kier alpha value is -3.05. The smallest absolute Gasteiger partial charge is 0.374 e. The molecule has 0 radical (unpaired) electrons. The first-order valence-electron chi connectivity index (χ1n) is 8.79. The summed E-state index contributed by atoms with van der Waals surface area (Å²) in [4.78, 5) is 12.2. The molecule has 4 aromatic rings. The molecule has 0 spiro atoms. The van der Waals surface area contributed by atoms with Crippen molar-refractivity contribution >= 4 is 32.7 Å². The Balaban J connectivity index is 1.34. The number of fused-ring (bicyclic) bond motifs is 1. The summed E-state index contributed by atoms with van der Waals surface area (Å²) >= 11 is 3.37. The van der Waals surface area contributed by atoms with Gasteiger partial charge in [0.2, 0.25) is 5.76 Å². The molecule has 0 atom stereocenters. The summed E-state index contributed by atoms with van der Waals surface area (Å²) in [6.07, 6.45) is 0. The van der Waals surface area contributed by atoms with Crippen LogP contribution in [-0.4, -0.2) is 5.97 Å². The van der Waals surface area contributed by atoms with Crippen molar-refractivity contribution in [2.45, 2.75) is 13.2 Å². The van der Waals surface area contributed by atoms with E-state index in [1.54, 1.807) is 12.1 Å². The van der Waals surface area contributed by atoms with Gasteiger partial charge in [0, 0.05) is 4.47 Å². The van der Waals surface area contributed by atoms with Gasteiger partial charge in [-0.25, -0.2) is 4.79 Å². The number of rotatable bonds is 6. The van der Waals surface area contributed by atoms with Crippen molar-refractivity contribution in [2.24, 2.45) is 0 Å². The van der Waals surface area contributed by atoms with E-state index < -0.39 is 5.97 Å². The molecule has 5 heteroatoms. The number of hydrogen-bond acceptors (Lipinski definition) is 4. The molecule has 4 rings (SSSR count). The van der Waals surface area contributed by atoms with Crippen LogP contribution in [0.25, 0.3) is 10.8 Å². The van der Waals surface area contributed by atoms with E-state index in [1.165, 1.54) is 0 Å². The van der Waals surface area contributed by atoms with Crippen LogP contribution in [0.1, 0.15) is 21.9 Å². The molecular weight excluding hydrogens is 420 g/mol. The lowest BCUT2D eigenvalue weighted by molar-refractivity contribution is 0.0432. The Morgan fingerprint density at radius 2 is 1.64 bits per heavy atom. The Morgan fingerprint density at radius 1 is 0.857 bits per heavy atom. The summed E-state index contributed by atoms with van der Waals surface area (Å²) in [5.41, 5.74) is 0.906. The fraction of sp³-hybridized carbons (Fsp3) is 0.0870. The minimum atomic E-state index is -0.500. The second-order valence-electron chi connectivity index (χ2n) is 6.27. The molecule has 0 unspecified atom stereocenters. The zero-order valence-corrected chi connectivity index (χ0v) is 16.5. The topological polar surface area (TPSA) is 48.7 Å². The molecule has 0 aliphatic heterocycles. The number of esters is 1. The first-order chi connectivity index (χ1) is 13.7. The van der Waals surface area contributed by atoms with Crippen LogP contribution >= 0.6 is 15.9 Å². The van der Waals surface area contributed by atoms with Crippen molar-refractivity contribution in [1.82, 2.24) is 0 Å². The van der Waals surface area contributed by atoms with E-state index in [-0.39, 0.29) is 19.0 Å². The normalized spacial score (nSPS) is 10.8. The molecule has 3 aromatic carbocycles. The third-order valence-corrected chi connectivity index (χ3v) is 4.78. The molecule has 0 amide bonds. The third-order valence-electron chi connectivity index (χ3n) is 4.25. The van der Waals surface area contributed by atoms with Crippen LogP contribution in [0.5, 0.6) is 5.75 Å². The van der Waals surface area contributed by atoms with Gasteiger partial charge in [0.05, 0.1) is 0 Å². The minimum absolute atomic E-state index is 0.161. The molecule has 0 N–H and O–H groups in total. The average Bonchev–Trinajstić information content (AvgIpc) is 3.21. The molecule has 0 aliphatic carbocycles. The van der Waals surface area contributed by atoms with Crippen LogP contribution in [0.3, 0.4) is 0 Å². The van der Waals surface area contributed by atoms with Gasteiger partial charge < -0.3 is 13.9 Å². The van der Waals surface area contributed by atoms with Gasteiger partial charge in [-0.3, -0.25) is 0 Å². The average molecular weight is 437 g/mol. The monoisotopic (exact) mass is 436 g/mol. The van der Waals surface area contributed by atoms with E-state index in [0.29, 0.717) is 5.76 Å². The van der Waals surface area contributed by atoms with E-state index in [2.05, 4.69) is 22.0 Å². The lowest BCUT2D eigenvalue weighted by Crippen LogP contribution is -2.04. The van der Waals surface area contributed by atoms with Crippen LogP contribution in [0.15, 0.2) is 87.8 Å². The predicted molar refractivity (Wildman–Crippen MR) is 110 cm³/mol. The SMILES string of the molecule is O=C(OCc1ccc(Br)cc1)c1ccc(COc2ccc3ccccc3c2)o1.